The van der Waals surface area contributed by atoms with E-state index < -0.39 is 0 Å². The normalized spacial score (nSPS) is 15.2. The summed E-state index contributed by atoms with van der Waals surface area (Å²) in [5.41, 5.74) is 0.968. The molecule has 3 nitrogen and oxygen atoms in total. The largest absolute Gasteiger partial charge is 0.375 e. The van der Waals surface area contributed by atoms with Gasteiger partial charge in [0.25, 0.3) is 0 Å². The average molecular weight is 283 g/mol. The number of likely N-dealkylation sites (tertiary alicyclic amines) is 1. The maximum atomic E-state index is 11.8. The van der Waals surface area contributed by atoms with Crippen molar-refractivity contribution in [1.82, 2.24) is 4.90 Å². The lowest BCUT2D eigenvalue weighted by molar-refractivity contribution is -0.128. The van der Waals surface area contributed by atoms with Crippen LogP contribution in [0.1, 0.15) is 12.8 Å². The molecule has 0 spiro atoms. The van der Waals surface area contributed by atoms with Crippen LogP contribution in [-0.4, -0.2) is 30.4 Å². The molecule has 1 fully saturated rings. The Bertz CT molecular complexity index is 375. The molecular weight excluding hydrogens is 268 g/mol. The van der Waals surface area contributed by atoms with E-state index in [1.54, 1.807) is 0 Å². The molecule has 1 saturated heterocycles. The van der Waals surface area contributed by atoms with E-state index in [0.29, 0.717) is 6.54 Å². The number of carbonyl (C=O) groups excluding carboxylic acids is 1. The molecule has 0 saturated carbocycles. The minimum absolute atomic E-state index is 0.188. The first-order valence-corrected chi connectivity index (χ1v) is 6.33. The first kappa shape index (κ1) is 11.5. The van der Waals surface area contributed by atoms with Crippen LogP contribution >= 0.6 is 15.9 Å². The van der Waals surface area contributed by atoms with Crippen molar-refractivity contribution in [3.8, 4) is 0 Å². The molecule has 0 aliphatic carbocycles. The number of anilines is 1. The molecule has 1 heterocycles. The van der Waals surface area contributed by atoms with Gasteiger partial charge in [0.2, 0.25) is 5.91 Å². The van der Waals surface area contributed by atoms with Crippen LogP contribution in [0.3, 0.4) is 0 Å². The van der Waals surface area contributed by atoms with E-state index in [4.69, 9.17) is 0 Å². The minimum atomic E-state index is 0.188. The van der Waals surface area contributed by atoms with Gasteiger partial charge in [-0.05, 0) is 40.9 Å². The Morgan fingerprint density at radius 3 is 2.69 bits per heavy atom. The van der Waals surface area contributed by atoms with Crippen LogP contribution in [0.15, 0.2) is 28.7 Å². The van der Waals surface area contributed by atoms with Crippen molar-refractivity contribution in [2.24, 2.45) is 0 Å². The zero-order chi connectivity index (χ0) is 11.4. The van der Waals surface area contributed by atoms with Crippen LogP contribution in [0.25, 0.3) is 0 Å². The number of rotatable bonds is 3. The second kappa shape index (κ2) is 5.34. The van der Waals surface area contributed by atoms with Crippen LogP contribution < -0.4 is 5.32 Å². The highest BCUT2D eigenvalue weighted by atomic mass is 79.9. The van der Waals surface area contributed by atoms with E-state index in [9.17, 15) is 4.79 Å². The molecule has 16 heavy (non-hydrogen) atoms. The second-order valence-corrected chi connectivity index (χ2v) is 4.78. The Morgan fingerprint density at radius 1 is 1.31 bits per heavy atom. The van der Waals surface area contributed by atoms with Gasteiger partial charge in [-0.25, -0.2) is 0 Å². The quantitative estimate of drug-likeness (QED) is 0.924. The molecule has 1 aromatic carbocycles. The van der Waals surface area contributed by atoms with Crippen molar-refractivity contribution in [2.75, 3.05) is 25.0 Å². The molecule has 1 N–H and O–H groups in total. The molecule has 1 aromatic rings. The summed E-state index contributed by atoms with van der Waals surface area (Å²) in [5.74, 6) is 0.188. The van der Waals surface area contributed by atoms with Crippen molar-refractivity contribution in [3.63, 3.8) is 0 Å². The van der Waals surface area contributed by atoms with Crippen LogP contribution in [0, 0.1) is 0 Å². The highest BCUT2D eigenvalue weighted by Crippen LogP contribution is 2.21. The Hall–Kier alpha value is -1.03. The molecule has 0 bridgehead atoms. The SMILES string of the molecule is O=C(CNc1ccccc1Br)N1CCCC1. The number of nitrogens with one attached hydrogen (secondary N) is 1. The van der Waals surface area contributed by atoms with Crippen LogP contribution in [-0.2, 0) is 4.79 Å². The molecule has 86 valence electrons. The lowest BCUT2D eigenvalue weighted by atomic mass is 10.3. The molecular formula is C12H15BrN2O. The van der Waals surface area contributed by atoms with Crippen molar-refractivity contribution in [2.45, 2.75) is 12.8 Å². The monoisotopic (exact) mass is 282 g/mol. The summed E-state index contributed by atoms with van der Waals surface area (Å²) in [4.78, 5) is 13.7. The molecule has 0 unspecified atom stereocenters. The fraction of sp³-hybridized carbons (Fsp3) is 0.417. The summed E-state index contributed by atoms with van der Waals surface area (Å²) in [7, 11) is 0. The number of carbonyl (C=O) groups is 1. The number of benzene rings is 1. The molecule has 2 rings (SSSR count). The van der Waals surface area contributed by atoms with Gasteiger partial charge in [-0.1, -0.05) is 12.1 Å². The van der Waals surface area contributed by atoms with Gasteiger partial charge in [0.1, 0.15) is 0 Å². The molecule has 4 heteroatoms. The number of hydrogen-bond donors (Lipinski definition) is 1. The van der Waals surface area contributed by atoms with Gasteiger partial charge in [0.15, 0.2) is 0 Å². The fourth-order valence-corrected chi connectivity index (χ4v) is 2.28. The van der Waals surface area contributed by atoms with Gasteiger partial charge in [-0.3, -0.25) is 4.79 Å². The summed E-state index contributed by atoms with van der Waals surface area (Å²) in [6.45, 7) is 2.20. The predicted molar refractivity (Wildman–Crippen MR) is 68.4 cm³/mol. The average Bonchev–Trinajstić information content (AvgIpc) is 2.81. The smallest absolute Gasteiger partial charge is 0.241 e. The molecule has 1 amide bonds. The van der Waals surface area contributed by atoms with Crippen molar-refractivity contribution >= 4 is 27.5 Å². The predicted octanol–water partition coefficient (Wildman–Crippen LogP) is 2.48. The van der Waals surface area contributed by atoms with Crippen molar-refractivity contribution < 1.29 is 4.79 Å². The first-order valence-electron chi connectivity index (χ1n) is 5.53. The molecule has 1 aliphatic rings. The third-order valence-electron chi connectivity index (χ3n) is 2.76. The van der Waals surface area contributed by atoms with Gasteiger partial charge in [-0.2, -0.15) is 0 Å². The lowest BCUT2D eigenvalue weighted by Crippen LogP contribution is -2.33. The fourth-order valence-electron chi connectivity index (χ4n) is 1.85. The van der Waals surface area contributed by atoms with E-state index in [1.165, 1.54) is 0 Å². The molecule has 0 atom stereocenters. The topological polar surface area (TPSA) is 32.3 Å². The number of para-hydroxylation sites is 1. The summed E-state index contributed by atoms with van der Waals surface area (Å²) < 4.78 is 0.990. The van der Waals surface area contributed by atoms with E-state index in [0.717, 1.165) is 36.1 Å². The summed E-state index contributed by atoms with van der Waals surface area (Å²) in [5, 5.41) is 3.15. The zero-order valence-electron chi connectivity index (χ0n) is 9.08. The van der Waals surface area contributed by atoms with Gasteiger partial charge < -0.3 is 10.2 Å². The maximum Gasteiger partial charge on any atom is 0.241 e. The van der Waals surface area contributed by atoms with E-state index in [-0.39, 0.29) is 5.91 Å². The molecule has 0 aromatic heterocycles. The van der Waals surface area contributed by atoms with E-state index in [2.05, 4.69) is 21.2 Å². The minimum Gasteiger partial charge on any atom is -0.375 e. The lowest BCUT2D eigenvalue weighted by Gasteiger charge is -2.16. The number of amides is 1. The summed E-state index contributed by atoms with van der Waals surface area (Å²) >= 11 is 3.44. The van der Waals surface area contributed by atoms with Gasteiger partial charge in [-0.15, -0.1) is 0 Å². The zero-order valence-corrected chi connectivity index (χ0v) is 10.7. The summed E-state index contributed by atoms with van der Waals surface area (Å²) in [6.07, 6.45) is 2.28. The second-order valence-electron chi connectivity index (χ2n) is 3.92. The number of hydrogen-bond acceptors (Lipinski definition) is 2. The van der Waals surface area contributed by atoms with Crippen molar-refractivity contribution in [3.05, 3.63) is 28.7 Å². The number of nitrogens with zero attached hydrogens (tertiary/aromatic N) is 1. The molecule has 0 radical (unpaired) electrons. The van der Waals surface area contributed by atoms with Gasteiger partial charge in [0.05, 0.1) is 6.54 Å². The highest BCUT2D eigenvalue weighted by Gasteiger charge is 2.17. The summed E-state index contributed by atoms with van der Waals surface area (Å²) in [6, 6.07) is 7.83. The van der Waals surface area contributed by atoms with Gasteiger partial charge in [0, 0.05) is 23.2 Å². The Labute approximate surface area is 104 Å². The Kier molecular flexibility index (Phi) is 3.83. The van der Waals surface area contributed by atoms with Crippen LogP contribution in [0.4, 0.5) is 5.69 Å². The Balaban J connectivity index is 1.87. The van der Waals surface area contributed by atoms with E-state index >= 15 is 0 Å². The van der Waals surface area contributed by atoms with Crippen LogP contribution in [0.2, 0.25) is 0 Å². The third-order valence-corrected chi connectivity index (χ3v) is 3.45. The van der Waals surface area contributed by atoms with Crippen LogP contribution in [0.5, 0.6) is 0 Å². The number of halogens is 1. The Morgan fingerprint density at radius 2 is 2.00 bits per heavy atom. The highest BCUT2D eigenvalue weighted by molar-refractivity contribution is 9.10. The standard InChI is InChI=1S/C12H15BrN2O/c13-10-5-1-2-6-11(10)14-9-12(16)15-7-3-4-8-15/h1-2,5-6,14H,3-4,7-9H2. The van der Waals surface area contributed by atoms with Crippen molar-refractivity contribution in [1.29, 1.82) is 0 Å². The molecule has 1 aliphatic heterocycles. The maximum absolute atomic E-state index is 11.8. The van der Waals surface area contributed by atoms with E-state index in [1.807, 2.05) is 29.2 Å². The van der Waals surface area contributed by atoms with Gasteiger partial charge >= 0.3 is 0 Å². The first-order chi connectivity index (χ1) is 7.77. The third kappa shape index (κ3) is 2.76.